The second kappa shape index (κ2) is 10.2. The number of benzene rings is 2. The quantitative estimate of drug-likeness (QED) is 0.469. The van der Waals surface area contributed by atoms with E-state index in [-0.39, 0.29) is 12.4 Å². The standard InChI is InChI=1S/C25H33FN4O/c1-2-27-25(28-16-24(31)19-8-10-20(26)11-9-19)29-21-14-22-12-13-23(15-21)30(22)17-18-6-4-3-5-7-18/h3-11,21-24,31H,2,12-17H2,1H3,(H2,27,28,29). The lowest BCUT2D eigenvalue weighted by molar-refractivity contribution is 0.114. The number of nitrogens with one attached hydrogen (secondary N) is 2. The zero-order valence-corrected chi connectivity index (χ0v) is 18.2. The van der Waals surface area contributed by atoms with Gasteiger partial charge in [-0.2, -0.15) is 0 Å². The molecule has 0 radical (unpaired) electrons. The molecule has 2 aliphatic heterocycles. The van der Waals surface area contributed by atoms with Crippen molar-refractivity contribution >= 4 is 5.96 Å². The molecular weight excluding hydrogens is 391 g/mol. The zero-order valence-electron chi connectivity index (χ0n) is 18.2. The minimum absolute atomic E-state index is 0.237. The molecule has 31 heavy (non-hydrogen) atoms. The van der Waals surface area contributed by atoms with Gasteiger partial charge in [-0.25, -0.2) is 4.39 Å². The predicted octanol–water partition coefficient (Wildman–Crippen LogP) is 3.61. The lowest BCUT2D eigenvalue weighted by Crippen LogP contribution is -2.52. The third kappa shape index (κ3) is 5.63. The summed E-state index contributed by atoms with van der Waals surface area (Å²) in [6.45, 7) is 4.07. The first kappa shape index (κ1) is 21.8. The van der Waals surface area contributed by atoms with Crippen LogP contribution in [0.3, 0.4) is 0 Å². The number of aliphatic hydroxyl groups excluding tert-OH is 1. The van der Waals surface area contributed by atoms with Crippen LogP contribution in [-0.4, -0.2) is 47.2 Å². The Morgan fingerprint density at radius 1 is 1.10 bits per heavy atom. The molecule has 0 spiro atoms. The molecule has 0 aliphatic carbocycles. The SMILES string of the molecule is CCNC(=NCC(O)c1ccc(F)cc1)NC1CC2CCC(C1)N2Cc1ccccc1. The first-order valence-corrected chi connectivity index (χ1v) is 11.4. The highest BCUT2D eigenvalue weighted by molar-refractivity contribution is 5.80. The number of aliphatic hydroxyl groups is 1. The number of guanidine groups is 1. The van der Waals surface area contributed by atoms with Crippen LogP contribution in [0.4, 0.5) is 4.39 Å². The molecule has 2 bridgehead atoms. The van der Waals surface area contributed by atoms with Crippen molar-refractivity contribution in [3.05, 3.63) is 71.5 Å². The fraction of sp³-hybridized carbons (Fsp3) is 0.480. The van der Waals surface area contributed by atoms with Gasteiger partial charge in [0, 0.05) is 31.2 Å². The van der Waals surface area contributed by atoms with Gasteiger partial charge in [-0.1, -0.05) is 42.5 Å². The first-order chi connectivity index (χ1) is 15.1. The molecule has 2 aliphatic rings. The van der Waals surface area contributed by atoms with Gasteiger partial charge in [-0.05, 0) is 55.9 Å². The number of aliphatic imine (C=N–C) groups is 1. The molecular formula is C25H33FN4O. The van der Waals surface area contributed by atoms with E-state index in [0.29, 0.717) is 23.7 Å². The molecule has 166 valence electrons. The minimum atomic E-state index is -0.750. The van der Waals surface area contributed by atoms with Crippen molar-refractivity contribution in [2.75, 3.05) is 13.1 Å². The van der Waals surface area contributed by atoms with Crippen LogP contribution >= 0.6 is 0 Å². The van der Waals surface area contributed by atoms with E-state index < -0.39 is 6.10 Å². The number of fused-ring (bicyclic) bond motifs is 2. The molecule has 2 fully saturated rings. The largest absolute Gasteiger partial charge is 0.386 e. The maximum Gasteiger partial charge on any atom is 0.191 e. The van der Waals surface area contributed by atoms with Gasteiger partial charge in [0.2, 0.25) is 0 Å². The molecule has 2 aromatic carbocycles. The molecule has 3 N–H and O–H groups in total. The Kier molecular flexibility index (Phi) is 7.20. The fourth-order valence-corrected chi connectivity index (χ4v) is 4.93. The molecule has 2 heterocycles. The fourth-order valence-electron chi connectivity index (χ4n) is 4.93. The van der Waals surface area contributed by atoms with Gasteiger partial charge in [0.05, 0.1) is 12.6 Å². The van der Waals surface area contributed by atoms with Gasteiger partial charge in [-0.15, -0.1) is 0 Å². The van der Waals surface area contributed by atoms with Crippen molar-refractivity contribution in [2.45, 2.75) is 63.4 Å². The van der Waals surface area contributed by atoms with Crippen molar-refractivity contribution in [3.63, 3.8) is 0 Å². The highest BCUT2D eigenvalue weighted by Crippen LogP contribution is 2.36. The third-order valence-corrected chi connectivity index (χ3v) is 6.45. The summed E-state index contributed by atoms with van der Waals surface area (Å²) < 4.78 is 13.1. The highest BCUT2D eigenvalue weighted by Gasteiger charge is 2.40. The van der Waals surface area contributed by atoms with E-state index in [1.165, 1.54) is 30.5 Å². The highest BCUT2D eigenvalue weighted by atomic mass is 19.1. The zero-order chi connectivity index (χ0) is 21.6. The van der Waals surface area contributed by atoms with Crippen LogP contribution in [0.15, 0.2) is 59.6 Å². The molecule has 6 heteroatoms. The smallest absolute Gasteiger partial charge is 0.191 e. The lowest BCUT2D eigenvalue weighted by Gasteiger charge is -2.39. The van der Waals surface area contributed by atoms with E-state index in [1.54, 1.807) is 12.1 Å². The summed E-state index contributed by atoms with van der Waals surface area (Å²) in [5.74, 6) is 0.437. The average molecular weight is 425 g/mol. The van der Waals surface area contributed by atoms with Crippen LogP contribution in [0, 0.1) is 5.82 Å². The number of nitrogens with zero attached hydrogens (tertiary/aromatic N) is 2. The summed E-state index contributed by atoms with van der Waals surface area (Å²) in [7, 11) is 0. The summed E-state index contributed by atoms with van der Waals surface area (Å²) in [4.78, 5) is 7.28. The summed E-state index contributed by atoms with van der Waals surface area (Å²) in [6.07, 6.45) is 3.97. The molecule has 2 saturated heterocycles. The second-order valence-electron chi connectivity index (χ2n) is 8.64. The van der Waals surface area contributed by atoms with Crippen molar-refractivity contribution in [2.24, 2.45) is 4.99 Å². The van der Waals surface area contributed by atoms with Crippen LogP contribution in [0.2, 0.25) is 0 Å². The van der Waals surface area contributed by atoms with Crippen molar-refractivity contribution in [3.8, 4) is 0 Å². The van der Waals surface area contributed by atoms with Gasteiger partial charge in [0.15, 0.2) is 5.96 Å². The van der Waals surface area contributed by atoms with Gasteiger partial charge >= 0.3 is 0 Å². The van der Waals surface area contributed by atoms with E-state index in [0.717, 1.165) is 31.9 Å². The molecule has 0 amide bonds. The molecule has 0 saturated carbocycles. The van der Waals surface area contributed by atoms with Crippen molar-refractivity contribution in [1.82, 2.24) is 15.5 Å². The van der Waals surface area contributed by atoms with Gasteiger partial charge < -0.3 is 15.7 Å². The average Bonchev–Trinajstić information content (AvgIpc) is 3.01. The Labute approximate surface area is 184 Å². The van der Waals surface area contributed by atoms with Gasteiger partial charge in [0.1, 0.15) is 5.82 Å². The second-order valence-corrected chi connectivity index (χ2v) is 8.64. The number of hydrogen-bond donors (Lipinski definition) is 3. The topological polar surface area (TPSA) is 59.9 Å². The van der Waals surface area contributed by atoms with Crippen LogP contribution in [0.25, 0.3) is 0 Å². The van der Waals surface area contributed by atoms with Crippen LogP contribution in [0.1, 0.15) is 49.8 Å². The lowest BCUT2D eigenvalue weighted by atomic mass is 9.96. The Hall–Kier alpha value is -2.44. The Balaban J connectivity index is 1.34. The molecule has 4 rings (SSSR count). The number of hydrogen-bond acceptors (Lipinski definition) is 3. The van der Waals surface area contributed by atoms with Crippen LogP contribution < -0.4 is 10.6 Å². The van der Waals surface area contributed by atoms with E-state index in [4.69, 9.17) is 0 Å². The summed E-state index contributed by atoms with van der Waals surface area (Å²) in [5.41, 5.74) is 2.06. The summed E-state index contributed by atoms with van der Waals surface area (Å²) in [6, 6.07) is 18.3. The van der Waals surface area contributed by atoms with E-state index in [9.17, 15) is 9.50 Å². The summed E-state index contributed by atoms with van der Waals surface area (Å²) in [5, 5.41) is 17.3. The van der Waals surface area contributed by atoms with E-state index in [2.05, 4.69) is 50.9 Å². The maximum absolute atomic E-state index is 13.1. The van der Waals surface area contributed by atoms with Crippen LogP contribution in [-0.2, 0) is 6.54 Å². The van der Waals surface area contributed by atoms with Crippen LogP contribution in [0.5, 0.6) is 0 Å². The summed E-state index contributed by atoms with van der Waals surface area (Å²) >= 11 is 0. The van der Waals surface area contributed by atoms with Gasteiger partial charge in [-0.3, -0.25) is 9.89 Å². The monoisotopic (exact) mass is 424 g/mol. The number of rotatable bonds is 7. The Morgan fingerprint density at radius 3 is 2.42 bits per heavy atom. The third-order valence-electron chi connectivity index (χ3n) is 6.45. The van der Waals surface area contributed by atoms with E-state index >= 15 is 0 Å². The Bertz CT molecular complexity index is 844. The first-order valence-electron chi connectivity index (χ1n) is 11.4. The van der Waals surface area contributed by atoms with E-state index in [1.807, 2.05) is 6.92 Å². The Morgan fingerprint density at radius 2 is 1.77 bits per heavy atom. The minimum Gasteiger partial charge on any atom is -0.386 e. The van der Waals surface area contributed by atoms with Gasteiger partial charge in [0.25, 0.3) is 0 Å². The molecule has 5 nitrogen and oxygen atoms in total. The molecule has 3 atom stereocenters. The normalized spacial score (nSPS) is 24.7. The number of piperidine rings is 1. The van der Waals surface area contributed by atoms with Crippen molar-refractivity contribution in [1.29, 1.82) is 0 Å². The molecule has 0 aromatic heterocycles. The molecule has 3 unspecified atom stereocenters. The predicted molar refractivity (Wildman–Crippen MR) is 122 cm³/mol. The van der Waals surface area contributed by atoms with Crippen molar-refractivity contribution < 1.29 is 9.50 Å². The maximum atomic E-state index is 13.1. The number of halogens is 1. The molecule has 2 aromatic rings.